The molecule has 0 aliphatic carbocycles. The number of methoxy groups -OCH3 is 1. The molecule has 7 heteroatoms. The highest BCUT2D eigenvalue weighted by molar-refractivity contribution is 14.1. The second-order valence-electron chi connectivity index (χ2n) is 6.38. The molecular weight excluding hydrogens is 455 g/mol. The third-order valence-electron chi connectivity index (χ3n) is 4.87. The molecule has 1 unspecified atom stereocenters. The molecule has 1 aromatic carbocycles. The van der Waals surface area contributed by atoms with Crippen molar-refractivity contribution in [3.8, 4) is 11.5 Å². The zero-order valence-corrected chi connectivity index (χ0v) is 17.0. The van der Waals surface area contributed by atoms with Crippen LogP contribution in [0.4, 0.5) is 0 Å². The number of nitrogens with one attached hydrogen (secondary N) is 1. The number of ether oxygens (including phenoxy) is 2. The zero-order chi connectivity index (χ0) is 17.8. The summed E-state index contributed by atoms with van der Waals surface area (Å²) in [7, 11) is 1.54. The standard InChI is InChI=1S/C18H22ClIN2O3/c1-24-16-10-13(19)9-14(17(16)25-8-2-5-20)18(23)21-15-11-22-6-3-12(15)4-7-22/h2,5,9-10,12,15H,3-4,6-8,11H2,1H3,(H,21,23). The SMILES string of the molecule is COc1cc(Cl)cc(C(=O)NC2CN3CCC2CC3)c1OCC=CI. The monoisotopic (exact) mass is 476 g/mol. The summed E-state index contributed by atoms with van der Waals surface area (Å²) in [5.74, 6) is 1.29. The van der Waals surface area contributed by atoms with Crippen molar-refractivity contribution in [3.63, 3.8) is 0 Å². The normalized spacial score (nSPS) is 25.2. The molecule has 1 N–H and O–H groups in total. The fourth-order valence-electron chi connectivity index (χ4n) is 3.58. The average Bonchev–Trinajstić information content (AvgIpc) is 2.63. The van der Waals surface area contributed by atoms with Gasteiger partial charge in [0, 0.05) is 23.7 Å². The molecule has 2 bridgehead atoms. The van der Waals surface area contributed by atoms with Gasteiger partial charge in [-0.05, 0) is 48.1 Å². The van der Waals surface area contributed by atoms with Crippen LogP contribution in [-0.4, -0.2) is 50.2 Å². The lowest BCUT2D eigenvalue weighted by Gasteiger charge is -2.44. The topological polar surface area (TPSA) is 50.8 Å². The fraction of sp³-hybridized carbons (Fsp3) is 0.500. The molecule has 1 atom stereocenters. The highest BCUT2D eigenvalue weighted by Gasteiger charge is 2.35. The molecule has 3 saturated heterocycles. The molecule has 3 fully saturated rings. The van der Waals surface area contributed by atoms with Crippen LogP contribution < -0.4 is 14.8 Å². The van der Waals surface area contributed by atoms with Crippen LogP contribution in [0.15, 0.2) is 22.3 Å². The van der Waals surface area contributed by atoms with E-state index in [0.29, 0.717) is 34.6 Å². The minimum Gasteiger partial charge on any atom is -0.493 e. The number of benzene rings is 1. The Hall–Kier alpha value is -0.990. The smallest absolute Gasteiger partial charge is 0.255 e. The Balaban J connectivity index is 1.81. The van der Waals surface area contributed by atoms with E-state index in [1.54, 1.807) is 19.2 Å². The summed E-state index contributed by atoms with van der Waals surface area (Å²) in [6.07, 6.45) is 4.16. The highest BCUT2D eigenvalue weighted by Crippen LogP contribution is 2.35. The first kappa shape index (κ1) is 18.8. The van der Waals surface area contributed by atoms with Gasteiger partial charge in [0.25, 0.3) is 5.91 Å². The Morgan fingerprint density at radius 3 is 2.80 bits per heavy atom. The average molecular weight is 477 g/mol. The van der Waals surface area contributed by atoms with Crippen LogP contribution in [0.3, 0.4) is 0 Å². The predicted octanol–water partition coefficient (Wildman–Crippen LogP) is 3.50. The molecular formula is C18H22ClIN2O3. The van der Waals surface area contributed by atoms with Gasteiger partial charge in [0.05, 0.1) is 12.7 Å². The van der Waals surface area contributed by atoms with Crippen molar-refractivity contribution in [3.05, 3.63) is 32.9 Å². The summed E-state index contributed by atoms with van der Waals surface area (Å²) in [6.45, 7) is 3.56. The molecule has 4 rings (SSSR count). The third-order valence-corrected chi connectivity index (χ3v) is 5.60. The first-order chi connectivity index (χ1) is 12.1. The quantitative estimate of drug-likeness (QED) is 0.639. The lowest BCUT2D eigenvalue weighted by atomic mass is 9.84. The number of rotatable bonds is 6. The van der Waals surface area contributed by atoms with Crippen LogP contribution in [0, 0.1) is 5.92 Å². The van der Waals surface area contributed by atoms with E-state index < -0.39 is 0 Å². The first-order valence-corrected chi connectivity index (χ1v) is 10.0. The van der Waals surface area contributed by atoms with Crippen molar-refractivity contribution in [2.24, 2.45) is 5.92 Å². The van der Waals surface area contributed by atoms with Gasteiger partial charge in [-0.3, -0.25) is 4.79 Å². The fourth-order valence-corrected chi connectivity index (χ4v) is 4.00. The van der Waals surface area contributed by atoms with Crippen molar-refractivity contribution in [2.75, 3.05) is 33.4 Å². The summed E-state index contributed by atoms with van der Waals surface area (Å²) in [5, 5.41) is 3.63. The van der Waals surface area contributed by atoms with Gasteiger partial charge in [-0.2, -0.15) is 0 Å². The zero-order valence-electron chi connectivity index (χ0n) is 14.1. The third kappa shape index (κ3) is 4.41. The summed E-state index contributed by atoms with van der Waals surface area (Å²) in [4.78, 5) is 15.3. The van der Waals surface area contributed by atoms with Crippen molar-refractivity contribution in [2.45, 2.75) is 18.9 Å². The van der Waals surface area contributed by atoms with E-state index >= 15 is 0 Å². The van der Waals surface area contributed by atoms with E-state index in [4.69, 9.17) is 21.1 Å². The second-order valence-corrected chi connectivity index (χ2v) is 7.53. The molecule has 136 valence electrons. The molecule has 1 amide bonds. The Morgan fingerprint density at radius 2 is 2.20 bits per heavy atom. The van der Waals surface area contributed by atoms with E-state index in [1.165, 1.54) is 0 Å². The van der Waals surface area contributed by atoms with Crippen LogP contribution >= 0.6 is 34.2 Å². The Morgan fingerprint density at radius 1 is 1.44 bits per heavy atom. The molecule has 0 radical (unpaired) electrons. The van der Waals surface area contributed by atoms with Crippen LogP contribution in [-0.2, 0) is 0 Å². The summed E-state index contributed by atoms with van der Waals surface area (Å²) >= 11 is 8.30. The van der Waals surface area contributed by atoms with Gasteiger partial charge in [0.1, 0.15) is 6.61 Å². The van der Waals surface area contributed by atoms with Crippen molar-refractivity contribution in [1.29, 1.82) is 0 Å². The highest BCUT2D eigenvalue weighted by atomic mass is 127. The summed E-state index contributed by atoms with van der Waals surface area (Å²) in [6, 6.07) is 3.49. The van der Waals surface area contributed by atoms with Crippen LogP contribution in [0.25, 0.3) is 0 Å². The lowest BCUT2D eigenvalue weighted by Crippen LogP contribution is -2.57. The number of piperidine rings is 3. The molecule has 3 aliphatic rings. The minimum absolute atomic E-state index is 0.159. The Kier molecular flexibility index (Phi) is 6.46. The van der Waals surface area contributed by atoms with Gasteiger partial charge in [0.15, 0.2) is 11.5 Å². The van der Waals surface area contributed by atoms with Gasteiger partial charge in [0.2, 0.25) is 0 Å². The molecule has 0 spiro atoms. The van der Waals surface area contributed by atoms with E-state index in [2.05, 4.69) is 32.8 Å². The number of halogens is 2. The summed E-state index contributed by atoms with van der Waals surface area (Å²) in [5.41, 5.74) is 0.419. The number of fused-ring (bicyclic) bond motifs is 3. The van der Waals surface area contributed by atoms with Gasteiger partial charge in [-0.1, -0.05) is 34.2 Å². The van der Waals surface area contributed by atoms with Crippen LogP contribution in [0.5, 0.6) is 11.5 Å². The van der Waals surface area contributed by atoms with Crippen LogP contribution in [0.2, 0.25) is 5.02 Å². The minimum atomic E-state index is -0.159. The molecule has 0 aromatic heterocycles. The van der Waals surface area contributed by atoms with Crippen LogP contribution in [0.1, 0.15) is 23.2 Å². The van der Waals surface area contributed by atoms with Crippen molar-refractivity contribution in [1.82, 2.24) is 10.2 Å². The molecule has 1 aromatic rings. The number of carbonyl (C=O) groups is 1. The number of hydrogen-bond acceptors (Lipinski definition) is 4. The van der Waals surface area contributed by atoms with Crippen molar-refractivity contribution >= 4 is 40.1 Å². The molecule has 0 saturated carbocycles. The van der Waals surface area contributed by atoms with E-state index in [0.717, 1.165) is 32.5 Å². The number of hydrogen-bond donors (Lipinski definition) is 1. The Labute approximate surface area is 166 Å². The van der Waals surface area contributed by atoms with Gasteiger partial charge in [-0.25, -0.2) is 0 Å². The molecule has 5 nitrogen and oxygen atoms in total. The Bertz CT molecular complexity index is 660. The molecule has 25 heavy (non-hydrogen) atoms. The number of carbonyl (C=O) groups excluding carboxylic acids is 1. The predicted molar refractivity (Wildman–Crippen MR) is 107 cm³/mol. The van der Waals surface area contributed by atoms with E-state index in [-0.39, 0.29) is 11.9 Å². The van der Waals surface area contributed by atoms with E-state index in [1.807, 2.05) is 10.2 Å². The van der Waals surface area contributed by atoms with Crippen molar-refractivity contribution < 1.29 is 14.3 Å². The summed E-state index contributed by atoms with van der Waals surface area (Å²) < 4.78 is 13.0. The number of amides is 1. The maximum atomic E-state index is 12.9. The largest absolute Gasteiger partial charge is 0.493 e. The maximum absolute atomic E-state index is 12.9. The molecule has 3 aliphatic heterocycles. The lowest BCUT2D eigenvalue weighted by molar-refractivity contribution is 0.0618. The number of nitrogens with zero attached hydrogens (tertiary/aromatic N) is 1. The van der Waals surface area contributed by atoms with E-state index in [9.17, 15) is 4.79 Å². The molecule has 3 heterocycles. The maximum Gasteiger partial charge on any atom is 0.255 e. The van der Waals surface area contributed by atoms with Gasteiger partial charge >= 0.3 is 0 Å². The van der Waals surface area contributed by atoms with Gasteiger partial charge < -0.3 is 19.7 Å². The van der Waals surface area contributed by atoms with Gasteiger partial charge in [-0.15, -0.1) is 0 Å². The second kappa shape index (κ2) is 8.60. The first-order valence-electron chi connectivity index (χ1n) is 8.41.